The summed E-state index contributed by atoms with van der Waals surface area (Å²) >= 11 is 3.29. The Morgan fingerprint density at radius 1 is 1.58 bits per heavy atom. The molecule has 1 aromatic carbocycles. The Morgan fingerprint density at radius 2 is 2.25 bits per heavy atom. The maximum atomic E-state index is 8.86. The Labute approximate surface area is 79.3 Å². The van der Waals surface area contributed by atoms with Crippen molar-refractivity contribution >= 4 is 21.6 Å². The number of hydrogen-bond acceptors (Lipinski definition) is 3. The largest absolute Gasteiger partial charge is 0.495 e. The van der Waals surface area contributed by atoms with Crippen LogP contribution in [0.4, 0.5) is 5.69 Å². The number of aliphatic hydroxyl groups is 1. The quantitative estimate of drug-likeness (QED) is 0.760. The average molecular weight is 232 g/mol. The van der Waals surface area contributed by atoms with E-state index < -0.39 is 0 Å². The van der Waals surface area contributed by atoms with Crippen LogP contribution < -0.4 is 10.5 Å². The number of nitrogen functional groups attached to an aromatic ring is 1. The van der Waals surface area contributed by atoms with Crippen LogP contribution in [0.3, 0.4) is 0 Å². The van der Waals surface area contributed by atoms with Crippen molar-refractivity contribution in [2.75, 3.05) is 12.8 Å². The molecule has 0 spiro atoms. The predicted molar refractivity (Wildman–Crippen MR) is 51.0 cm³/mol. The minimum atomic E-state index is -0.0611. The van der Waals surface area contributed by atoms with Crippen molar-refractivity contribution in [2.24, 2.45) is 0 Å². The van der Waals surface area contributed by atoms with Crippen LogP contribution in [0.5, 0.6) is 5.75 Å². The fourth-order valence-electron chi connectivity index (χ4n) is 0.904. The van der Waals surface area contributed by atoms with E-state index in [0.717, 1.165) is 4.47 Å². The summed E-state index contributed by atoms with van der Waals surface area (Å²) in [5.41, 5.74) is 6.85. The SMILES string of the molecule is COc1cc(N)c(CO)cc1Br. The van der Waals surface area contributed by atoms with Crippen molar-refractivity contribution in [2.45, 2.75) is 6.61 Å². The number of hydrogen-bond donors (Lipinski definition) is 2. The van der Waals surface area contributed by atoms with E-state index in [-0.39, 0.29) is 6.61 Å². The van der Waals surface area contributed by atoms with Crippen LogP contribution in [-0.4, -0.2) is 12.2 Å². The number of nitrogens with two attached hydrogens (primary N) is 1. The number of rotatable bonds is 2. The van der Waals surface area contributed by atoms with E-state index in [1.807, 2.05) is 0 Å². The predicted octanol–water partition coefficient (Wildman–Crippen LogP) is 1.53. The van der Waals surface area contributed by atoms with Gasteiger partial charge in [0.15, 0.2) is 0 Å². The Bertz CT molecular complexity index is 259. The van der Waals surface area contributed by atoms with Crippen molar-refractivity contribution in [1.29, 1.82) is 0 Å². The molecule has 0 unspecified atom stereocenters. The van der Waals surface area contributed by atoms with Gasteiger partial charge in [-0.2, -0.15) is 0 Å². The van der Waals surface area contributed by atoms with Gasteiger partial charge in [0.2, 0.25) is 0 Å². The Hall–Kier alpha value is -0.740. The first kappa shape index (κ1) is 9.35. The third kappa shape index (κ3) is 1.70. The number of aliphatic hydroxyl groups excluding tert-OH is 1. The maximum absolute atomic E-state index is 8.86. The molecule has 0 fully saturated rings. The molecule has 1 rings (SSSR count). The monoisotopic (exact) mass is 231 g/mol. The number of methoxy groups -OCH3 is 1. The molecule has 12 heavy (non-hydrogen) atoms. The van der Waals surface area contributed by atoms with Gasteiger partial charge in [-0.05, 0) is 22.0 Å². The molecule has 0 saturated heterocycles. The van der Waals surface area contributed by atoms with Gasteiger partial charge in [-0.15, -0.1) is 0 Å². The first-order valence-corrected chi connectivity index (χ1v) is 4.21. The van der Waals surface area contributed by atoms with E-state index in [4.69, 9.17) is 15.6 Å². The molecule has 0 aliphatic rings. The van der Waals surface area contributed by atoms with E-state index >= 15 is 0 Å². The molecule has 3 N–H and O–H groups in total. The molecule has 0 bridgehead atoms. The molecule has 0 saturated carbocycles. The summed E-state index contributed by atoms with van der Waals surface area (Å²) in [4.78, 5) is 0. The van der Waals surface area contributed by atoms with Crippen LogP contribution in [0.25, 0.3) is 0 Å². The molecule has 3 nitrogen and oxygen atoms in total. The highest BCUT2D eigenvalue weighted by Gasteiger charge is 2.04. The summed E-state index contributed by atoms with van der Waals surface area (Å²) in [6.07, 6.45) is 0. The number of ether oxygens (including phenoxy) is 1. The minimum Gasteiger partial charge on any atom is -0.495 e. The van der Waals surface area contributed by atoms with Gasteiger partial charge in [0, 0.05) is 17.3 Å². The average Bonchev–Trinajstić information content (AvgIpc) is 2.08. The van der Waals surface area contributed by atoms with Gasteiger partial charge >= 0.3 is 0 Å². The summed E-state index contributed by atoms with van der Waals surface area (Å²) in [7, 11) is 1.57. The fourth-order valence-corrected chi connectivity index (χ4v) is 1.46. The summed E-state index contributed by atoms with van der Waals surface area (Å²) in [5, 5.41) is 8.86. The Morgan fingerprint density at radius 3 is 2.75 bits per heavy atom. The van der Waals surface area contributed by atoms with Crippen LogP contribution in [0.2, 0.25) is 0 Å². The van der Waals surface area contributed by atoms with Crippen molar-refractivity contribution in [3.8, 4) is 5.75 Å². The molecular formula is C8H10BrNO2. The second kappa shape index (κ2) is 3.78. The maximum Gasteiger partial charge on any atom is 0.135 e. The molecule has 0 aliphatic carbocycles. The van der Waals surface area contributed by atoms with Crippen molar-refractivity contribution in [3.63, 3.8) is 0 Å². The van der Waals surface area contributed by atoms with Gasteiger partial charge < -0.3 is 15.6 Å². The van der Waals surface area contributed by atoms with Gasteiger partial charge in [-0.3, -0.25) is 0 Å². The number of anilines is 1. The second-order valence-electron chi connectivity index (χ2n) is 2.34. The lowest BCUT2D eigenvalue weighted by molar-refractivity contribution is 0.282. The van der Waals surface area contributed by atoms with E-state index in [0.29, 0.717) is 17.0 Å². The van der Waals surface area contributed by atoms with Gasteiger partial charge in [-0.1, -0.05) is 0 Å². The van der Waals surface area contributed by atoms with Crippen LogP contribution in [0.15, 0.2) is 16.6 Å². The molecule has 0 heterocycles. The van der Waals surface area contributed by atoms with E-state index in [1.165, 1.54) is 0 Å². The van der Waals surface area contributed by atoms with Crippen LogP contribution in [0, 0.1) is 0 Å². The van der Waals surface area contributed by atoms with Gasteiger partial charge in [0.05, 0.1) is 18.2 Å². The van der Waals surface area contributed by atoms with E-state index in [9.17, 15) is 0 Å². The number of benzene rings is 1. The lowest BCUT2D eigenvalue weighted by Gasteiger charge is -2.07. The second-order valence-corrected chi connectivity index (χ2v) is 3.20. The molecule has 0 atom stereocenters. The lowest BCUT2D eigenvalue weighted by atomic mass is 10.2. The van der Waals surface area contributed by atoms with Crippen LogP contribution in [0.1, 0.15) is 5.56 Å². The molecule has 4 heteroatoms. The third-order valence-corrected chi connectivity index (χ3v) is 2.20. The summed E-state index contributed by atoms with van der Waals surface area (Å²) in [6.45, 7) is -0.0611. The molecular weight excluding hydrogens is 222 g/mol. The van der Waals surface area contributed by atoms with Crippen molar-refractivity contribution in [1.82, 2.24) is 0 Å². The Kier molecular flexibility index (Phi) is 2.94. The highest BCUT2D eigenvalue weighted by molar-refractivity contribution is 9.10. The Balaban J connectivity index is 3.16. The van der Waals surface area contributed by atoms with Gasteiger partial charge in [0.25, 0.3) is 0 Å². The molecule has 1 aromatic rings. The summed E-state index contributed by atoms with van der Waals surface area (Å²) in [6, 6.07) is 3.42. The fraction of sp³-hybridized carbons (Fsp3) is 0.250. The van der Waals surface area contributed by atoms with Crippen LogP contribution in [-0.2, 0) is 6.61 Å². The zero-order chi connectivity index (χ0) is 9.14. The first-order valence-electron chi connectivity index (χ1n) is 3.41. The van der Waals surface area contributed by atoms with Crippen LogP contribution >= 0.6 is 15.9 Å². The van der Waals surface area contributed by atoms with Crippen molar-refractivity contribution in [3.05, 3.63) is 22.2 Å². The highest BCUT2D eigenvalue weighted by atomic mass is 79.9. The standard InChI is InChI=1S/C8H10BrNO2/c1-12-8-3-7(10)5(4-11)2-6(8)9/h2-3,11H,4,10H2,1H3. The summed E-state index contributed by atoms with van der Waals surface area (Å²) in [5.74, 6) is 0.671. The molecule has 0 amide bonds. The van der Waals surface area contributed by atoms with Gasteiger partial charge in [0.1, 0.15) is 5.75 Å². The zero-order valence-electron chi connectivity index (χ0n) is 6.67. The topological polar surface area (TPSA) is 55.5 Å². The van der Waals surface area contributed by atoms with E-state index in [1.54, 1.807) is 19.2 Å². The molecule has 66 valence electrons. The smallest absolute Gasteiger partial charge is 0.135 e. The first-order chi connectivity index (χ1) is 5.69. The normalized spacial score (nSPS) is 9.92. The van der Waals surface area contributed by atoms with Crippen molar-refractivity contribution < 1.29 is 9.84 Å². The van der Waals surface area contributed by atoms with E-state index in [2.05, 4.69) is 15.9 Å². The number of halogens is 1. The minimum absolute atomic E-state index is 0.0611. The molecule has 0 radical (unpaired) electrons. The summed E-state index contributed by atoms with van der Waals surface area (Å²) < 4.78 is 5.81. The lowest BCUT2D eigenvalue weighted by Crippen LogP contribution is -1.96. The molecule has 0 aromatic heterocycles. The highest BCUT2D eigenvalue weighted by Crippen LogP contribution is 2.29. The zero-order valence-corrected chi connectivity index (χ0v) is 8.26. The molecule has 0 aliphatic heterocycles. The van der Waals surface area contributed by atoms with Gasteiger partial charge in [-0.25, -0.2) is 0 Å². The third-order valence-electron chi connectivity index (χ3n) is 1.58.